The number of aryl methyl sites for hydroxylation is 2. The Kier molecular flexibility index (Phi) is 6.60. The zero-order chi connectivity index (χ0) is 28.2. The van der Waals surface area contributed by atoms with Crippen molar-refractivity contribution >= 4 is 32.8 Å². The average molecular weight is 563 g/mol. The van der Waals surface area contributed by atoms with E-state index in [1.165, 1.54) is 19.4 Å². The first-order valence-corrected chi connectivity index (χ1v) is 14.9. The summed E-state index contributed by atoms with van der Waals surface area (Å²) in [6.07, 6.45) is 6.59. The molecule has 0 amide bonds. The van der Waals surface area contributed by atoms with E-state index < -0.39 is 15.8 Å². The lowest BCUT2D eigenvalue weighted by Gasteiger charge is -2.47. The fourth-order valence-corrected chi connectivity index (χ4v) is 7.77. The SMILES string of the molecule is COC(=O)[C@H]1C2CCC(CC2)[C@@H]1Nc1cc(C)cc(-c2cn(S(=O)(=O)c3ccc(C)cc3)c3ncc(F)cc23)n1. The highest BCUT2D eigenvalue weighted by Gasteiger charge is 2.48. The highest BCUT2D eigenvalue weighted by molar-refractivity contribution is 7.90. The second-order valence-electron chi connectivity index (χ2n) is 11.0. The predicted molar refractivity (Wildman–Crippen MR) is 150 cm³/mol. The van der Waals surface area contributed by atoms with E-state index in [0.717, 1.165) is 47.0 Å². The maximum Gasteiger partial charge on any atom is 0.311 e. The van der Waals surface area contributed by atoms with Crippen molar-refractivity contribution in [2.45, 2.75) is 50.5 Å². The summed E-state index contributed by atoms with van der Waals surface area (Å²) < 4.78 is 47.9. The van der Waals surface area contributed by atoms with Crippen molar-refractivity contribution in [3.05, 3.63) is 71.8 Å². The molecule has 3 fully saturated rings. The molecule has 0 radical (unpaired) electrons. The van der Waals surface area contributed by atoms with Gasteiger partial charge in [-0.3, -0.25) is 4.79 Å². The van der Waals surface area contributed by atoms with Gasteiger partial charge in [0.05, 0.1) is 29.8 Å². The first kappa shape index (κ1) is 26.4. The van der Waals surface area contributed by atoms with Crippen LogP contribution in [0.2, 0.25) is 0 Å². The number of hydrogen-bond acceptors (Lipinski definition) is 7. The Morgan fingerprint density at radius 3 is 2.42 bits per heavy atom. The molecular weight excluding hydrogens is 531 g/mol. The molecule has 4 aromatic rings. The Hall–Kier alpha value is -3.79. The van der Waals surface area contributed by atoms with Gasteiger partial charge >= 0.3 is 5.97 Å². The van der Waals surface area contributed by atoms with Gasteiger partial charge in [-0.1, -0.05) is 17.7 Å². The van der Waals surface area contributed by atoms with E-state index in [-0.39, 0.29) is 34.4 Å². The highest BCUT2D eigenvalue weighted by atomic mass is 32.2. The van der Waals surface area contributed by atoms with Crippen LogP contribution < -0.4 is 5.32 Å². The number of ether oxygens (including phenoxy) is 1. The molecule has 208 valence electrons. The number of carbonyl (C=O) groups excluding carboxylic acids is 1. The topological polar surface area (TPSA) is 103 Å². The zero-order valence-electron chi connectivity index (χ0n) is 22.6. The van der Waals surface area contributed by atoms with Crippen LogP contribution >= 0.6 is 0 Å². The van der Waals surface area contributed by atoms with Crippen LogP contribution in [-0.2, 0) is 19.6 Å². The standard InChI is InChI=1S/C30H31FN4O4S/c1-17-4-10-22(11-5-17)40(37,38)35-16-24(23-14-21(31)15-32-29(23)35)25-12-18(2)13-26(33-25)34-28-20-8-6-19(7-9-20)27(28)30(36)39-3/h4-5,10-16,19-20,27-28H,6-9H2,1-3H3,(H,33,34)/t19?,20?,27-,28-/m0/s1. The van der Waals surface area contributed by atoms with Crippen LogP contribution in [0.15, 0.2) is 59.8 Å². The van der Waals surface area contributed by atoms with Gasteiger partial charge in [-0.15, -0.1) is 0 Å². The lowest BCUT2D eigenvalue weighted by atomic mass is 9.61. The molecule has 3 saturated carbocycles. The number of hydrogen-bond donors (Lipinski definition) is 1. The van der Waals surface area contributed by atoms with Gasteiger partial charge < -0.3 is 10.1 Å². The van der Waals surface area contributed by atoms with Crippen LogP contribution in [0.4, 0.5) is 10.2 Å². The molecule has 3 heterocycles. The van der Waals surface area contributed by atoms with E-state index >= 15 is 0 Å². The molecule has 1 N–H and O–H groups in total. The van der Waals surface area contributed by atoms with Crippen molar-refractivity contribution in [2.75, 3.05) is 12.4 Å². The summed E-state index contributed by atoms with van der Waals surface area (Å²) in [4.78, 5) is 21.8. The largest absolute Gasteiger partial charge is 0.469 e. The summed E-state index contributed by atoms with van der Waals surface area (Å²) in [5.41, 5.74) is 2.86. The minimum absolute atomic E-state index is 0.105. The number of methoxy groups -OCH3 is 1. The van der Waals surface area contributed by atoms with Crippen molar-refractivity contribution in [1.82, 2.24) is 13.9 Å². The number of anilines is 1. The molecule has 0 saturated heterocycles. The van der Waals surface area contributed by atoms with E-state index in [4.69, 9.17) is 9.72 Å². The molecule has 2 bridgehead atoms. The predicted octanol–water partition coefficient (Wildman–Crippen LogP) is 5.48. The third-order valence-corrected chi connectivity index (χ3v) is 10.1. The van der Waals surface area contributed by atoms with Crippen molar-refractivity contribution in [1.29, 1.82) is 0 Å². The maximum absolute atomic E-state index is 14.4. The number of halogens is 1. The lowest BCUT2D eigenvalue weighted by Crippen LogP contribution is -2.51. The van der Waals surface area contributed by atoms with Gasteiger partial charge in [0.25, 0.3) is 10.0 Å². The minimum atomic E-state index is -4.01. The number of pyridine rings is 2. The van der Waals surface area contributed by atoms with Crippen LogP contribution in [0, 0.1) is 37.4 Å². The number of aromatic nitrogens is 3. The lowest BCUT2D eigenvalue weighted by molar-refractivity contribution is -0.152. The summed E-state index contributed by atoms with van der Waals surface area (Å²) in [5.74, 6) is 0.157. The van der Waals surface area contributed by atoms with E-state index in [1.807, 2.05) is 26.0 Å². The van der Waals surface area contributed by atoms with Crippen LogP contribution in [0.5, 0.6) is 0 Å². The van der Waals surface area contributed by atoms with Crippen molar-refractivity contribution < 1.29 is 22.3 Å². The van der Waals surface area contributed by atoms with Crippen LogP contribution in [0.1, 0.15) is 36.8 Å². The van der Waals surface area contributed by atoms with Gasteiger partial charge in [0.1, 0.15) is 11.6 Å². The summed E-state index contributed by atoms with van der Waals surface area (Å²) in [5, 5.41) is 3.87. The number of benzene rings is 1. The third kappa shape index (κ3) is 4.54. The fraction of sp³-hybridized carbons (Fsp3) is 0.367. The molecule has 8 nitrogen and oxygen atoms in total. The molecule has 40 heavy (non-hydrogen) atoms. The number of carbonyl (C=O) groups is 1. The molecule has 3 aromatic heterocycles. The van der Waals surface area contributed by atoms with Gasteiger partial charge in [0, 0.05) is 23.2 Å². The molecule has 0 aliphatic heterocycles. The molecule has 10 heteroatoms. The van der Waals surface area contributed by atoms with Crippen molar-refractivity contribution in [2.24, 2.45) is 17.8 Å². The Labute approximate surface area is 232 Å². The molecule has 3 aliphatic carbocycles. The molecule has 0 spiro atoms. The van der Waals surface area contributed by atoms with Gasteiger partial charge in [0.15, 0.2) is 5.65 Å². The molecule has 3 aliphatic rings. The van der Waals surface area contributed by atoms with Gasteiger partial charge in [-0.2, -0.15) is 0 Å². The second kappa shape index (κ2) is 9.99. The average Bonchev–Trinajstić information content (AvgIpc) is 3.33. The molecular formula is C30H31FN4O4S. The first-order chi connectivity index (χ1) is 19.2. The molecule has 1 aromatic carbocycles. The monoisotopic (exact) mass is 562 g/mol. The summed E-state index contributed by atoms with van der Waals surface area (Å²) >= 11 is 0. The van der Waals surface area contributed by atoms with Crippen LogP contribution in [-0.4, -0.2) is 41.5 Å². The van der Waals surface area contributed by atoms with E-state index in [0.29, 0.717) is 28.4 Å². The Balaban J connectivity index is 1.44. The van der Waals surface area contributed by atoms with Crippen LogP contribution in [0.3, 0.4) is 0 Å². The number of esters is 1. The quantitative estimate of drug-likeness (QED) is 0.310. The Morgan fingerprint density at radius 2 is 1.73 bits per heavy atom. The highest BCUT2D eigenvalue weighted by Crippen LogP contribution is 2.47. The molecule has 0 unspecified atom stereocenters. The first-order valence-electron chi connectivity index (χ1n) is 13.5. The minimum Gasteiger partial charge on any atom is -0.469 e. The van der Waals surface area contributed by atoms with Crippen molar-refractivity contribution in [3.63, 3.8) is 0 Å². The number of nitrogens with zero attached hydrogens (tertiary/aromatic N) is 3. The number of rotatable bonds is 6. The smallest absolute Gasteiger partial charge is 0.311 e. The van der Waals surface area contributed by atoms with E-state index in [9.17, 15) is 17.6 Å². The zero-order valence-corrected chi connectivity index (χ0v) is 23.4. The summed E-state index contributed by atoms with van der Waals surface area (Å²) in [6, 6.07) is 11.5. The Bertz CT molecular complexity index is 1710. The van der Waals surface area contributed by atoms with Gasteiger partial charge in [-0.25, -0.2) is 26.7 Å². The van der Waals surface area contributed by atoms with E-state index in [2.05, 4.69) is 10.3 Å². The normalized spacial score (nSPS) is 22.4. The molecule has 7 rings (SSSR count). The summed E-state index contributed by atoms with van der Waals surface area (Å²) in [7, 11) is -2.59. The summed E-state index contributed by atoms with van der Waals surface area (Å²) in [6.45, 7) is 3.80. The second-order valence-corrected chi connectivity index (χ2v) is 12.8. The maximum atomic E-state index is 14.4. The molecule has 2 atom stereocenters. The van der Waals surface area contributed by atoms with Gasteiger partial charge in [-0.05, 0) is 87.3 Å². The van der Waals surface area contributed by atoms with Crippen LogP contribution in [0.25, 0.3) is 22.3 Å². The fourth-order valence-electron chi connectivity index (χ4n) is 6.45. The third-order valence-electron chi connectivity index (χ3n) is 8.41. The van der Waals surface area contributed by atoms with E-state index in [1.54, 1.807) is 24.3 Å². The van der Waals surface area contributed by atoms with Gasteiger partial charge in [0.2, 0.25) is 0 Å². The Morgan fingerprint density at radius 1 is 1.02 bits per heavy atom. The van der Waals surface area contributed by atoms with Crippen molar-refractivity contribution in [3.8, 4) is 11.3 Å². The number of fused-ring (bicyclic) bond motifs is 4. The number of nitrogens with one attached hydrogen (secondary N) is 1.